The summed E-state index contributed by atoms with van der Waals surface area (Å²) in [4.78, 5) is 0. The zero-order valence-electron chi connectivity index (χ0n) is 17.6. The van der Waals surface area contributed by atoms with Gasteiger partial charge in [0.1, 0.15) is 0 Å². The van der Waals surface area contributed by atoms with Crippen molar-refractivity contribution in [3.8, 4) is 0 Å². The van der Waals surface area contributed by atoms with E-state index in [-0.39, 0.29) is 5.92 Å². The molecule has 2 atom stereocenters. The fourth-order valence-corrected chi connectivity index (χ4v) is 4.86. The van der Waals surface area contributed by atoms with Gasteiger partial charge in [0.25, 0.3) is 0 Å². The van der Waals surface area contributed by atoms with Crippen molar-refractivity contribution in [3.63, 3.8) is 0 Å². The van der Waals surface area contributed by atoms with Crippen LogP contribution in [-0.4, -0.2) is 0 Å². The minimum absolute atomic E-state index is 0.00157. The molecule has 154 valence electrons. The summed E-state index contributed by atoms with van der Waals surface area (Å²) in [5, 5.41) is 0. The Labute approximate surface area is 170 Å². The second-order valence-electron chi connectivity index (χ2n) is 8.99. The molecule has 2 unspecified atom stereocenters. The van der Waals surface area contributed by atoms with Gasteiger partial charge in [-0.25, -0.2) is 8.78 Å². The zero-order chi connectivity index (χ0) is 19.9. The van der Waals surface area contributed by atoms with Crippen molar-refractivity contribution in [1.29, 1.82) is 0 Å². The average Bonchev–Trinajstić information content (AvgIpc) is 2.72. The van der Waals surface area contributed by atoms with Gasteiger partial charge in [0.05, 0.1) is 0 Å². The molecule has 1 aromatic rings. The lowest BCUT2D eigenvalue weighted by Crippen LogP contribution is -2.13. The number of hydrogen-bond donors (Lipinski definition) is 0. The third-order valence-electron chi connectivity index (χ3n) is 6.84. The molecule has 0 N–H and O–H groups in total. The molecule has 0 nitrogen and oxygen atoms in total. The van der Waals surface area contributed by atoms with Gasteiger partial charge < -0.3 is 0 Å². The van der Waals surface area contributed by atoms with E-state index in [9.17, 15) is 8.78 Å². The summed E-state index contributed by atoms with van der Waals surface area (Å²) in [6.45, 7) is 3.89. The Morgan fingerprint density at radius 3 is 2.36 bits per heavy atom. The molecule has 0 radical (unpaired) electrons. The summed E-state index contributed by atoms with van der Waals surface area (Å²) in [5.41, 5.74) is 0.880. The molecule has 1 fully saturated rings. The standard InChI is InChI=1S/C26H36F2/c1-3-4-5-6-20-8-10-21(11-9-20)12-13-22-14-16-23(17-15-22)24-18-7-19(2)25(27)26(24)28/h7,12-14,16,18,20-23H,3-6,8-11,15,17H2,1-2H3/b13-12+. The maximum absolute atomic E-state index is 14.2. The van der Waals surface area contributed by atoms with E-state index in [0.717, 1.165) is 24.7 Å². The van der Waals surface area contributed by atoms with E-state index >= 15 is 0 Å². The first-order valence-corrected chi connectivity index (χ1v) is 11.4. The Hall–Kier alpha value is -1.44. The molecule has 0 aromatic heterocycles. The molecule has 2 heteroatoms. The topological polar surface area (TPSA) is 0 Å². The number of unbranched alkanes of at least 4 members (excludes halogenated alkanes) is 2. The van der Waals surface area contributed by atoms with E-state index < -0.39 is 11.6 Å². The molecule has 1 aromatic carbocycles. The summed E-state index contributed by atoms with van der Waals surface area (Å²) in [6, 6.07) is 3.43. The van der Waals surface area contributed by atoms with Crippen LogP contribution in [-0.2, 0) is 0 Å². The smallest absolute Gasteiger partial charge is 0.162 e. The highest BCUT2D eigenvalue weighted by atomic mass is 19.2. The second kappa shape index (κ2) is 10.4. The van der Waals surface area contributed by atoms with Gasteiger partial charge in [-0.3, -0.25) is 0 Å². The van der Waals surface area contributed by atoms with E-state index in [1.807, 2.05) is 0 Å². The summed E-state index contributed by atoms with van der Waals surface area (Å²) in [7, 11) is 0. The fraction of sp³-hybridized carbons (Fsp3) is 0.615. The molecular weight excluding hydrogens is 350 g/mol. The minimum Gasteiger partial charge on any atom is -0.203 e. The SMILES string of the molecule is CCCCCC1CCC(/C=C/C2C=CC(c3ccc(C)c(F)c3F)CC2)CC1. The minimum atomic E-state index is -0.696. The van der Waals surface area contributed by atoms with Gasteiger partial charge in [0, 0.05) is 5.92 Å². The third kappa shape index (κ3) is 5.55. The van der Waals surface area contributed by atoms with E-state index in [2.05, 4.69) is 31.2 Å². The predicted molar refractivity (Wildman–Crippen MR) is 114 cm³/mol. The van der Waals surface area contributed by atoms with E-state index in [0.29, 0.717) is 17.0 Å². The van der Waals surface area contributed by atoms with Crippen LogP contribution in [0.15, 0.2) is 36.4 Å². The molecule has 2 aliphatic carbocycles. The van der Waals surface area contributed by atoms with Crippen LogP contribution in [0, 0.1) is 36.3 Å². The van der Waals surface area contributed by atoms with Crippen LogP contribution in [0.5, 0.6) is 0 Å². The first-order chi connectivity index (χ1) is 13.6. The summed E-state index contributed by atoms with van der Waals surface area (Å²) >= 11 is 0. The van der Waals surface area contributed by atoms with Crippen molar-refractivity contribution < 1.29 is 8.78 Å². The Morgan fingerprint density at radius 1 is 0.893 bits per heavy atom. The molecule has 0 bridgehead atoms. The lowest BCUT2D eigenvalue weighted by Gasteiger charge is -2.27. The van der Waals surface area contributed by atoms with Crippen LogP contribution in [0.25, 0.3) is 0 Å². The Kier molecular flexibility index (Phi) is 7.88. The third-order valence-corrected chi connectivity index (χ3v) is 6.84. The van der Waals surface area contributed by atoms with Crippen molar-refractivity contribution in [2.45, 2.75) is 84.0 Å². The van der Waals surface area contributed by atoms with Crippen LogP contribution >= 0.6 is 0 Å². The van der Waals surface area contributed by atoms with Crippen molar-refractivity contribution in [2.75, 3.05) is 0 Å². The molecule has 0 spiro atoms. The summed E-state index contributed by atoms with van der Waals surface area (Å²) in [5.74, 6) is 0.765. The average molecular weight is 387 g/mol. The molecule has 28 heavy (non-hydrogen) atoms. The number of rotatable bonds is 7. The van der Waals surface area contributed by atoms with Crippen LogP contribution in [0.2, 0.25) is 0 Å². The van der Waals surface area contributed by atoms with Gasteiger partial charge >= 0.3 is 0 Å². The molecular formula is C26H36F2. The lowest BCUT2D eigenvalue weighted by atomic mass is 9.78. The monoisotopic (exact) mass is 386 g/mol. The van der Waals surface area contributed by atoms with Gasteiger partial charge in [-0.05, 0) is 74.3 Å². The number of hydrogen-bond acceptors (Lipinski definition) is 0. The maximum Gasteiger partial charge on any atom is 0.162 e. The van der Waals surface area contributed by atoms with E-state index in [1.165, 1.54) is 51.4 Å². The highest BCUT2D eigenvalue weighted by Gasteiger charge is 2.22. The zero-order valence-corrected chi connectivity index (χ0v) is 17.6. The van der Waals surface area contributed by atoms with E-state index in [1.54, 1.807) is 19.1 Å². The van der Waals surface area contributed by atoms with Crippen molar-refractivity contribution in [3.05, 3.63) is 59.2 Å². The molecule has 0 amide bonds. The second-order valence-corrected chi connectivity index (χ2v) is 8.99. The Bertz CT molecular complexity index is 680. The molecule has 0 heterocycles. The maximum atomic E-state index is 14.2. The van der Waals surface area contributed by atoms with Gasteiger partial charge in [-0.1, -0.05) is 69.0 Å². The molecule has 0 saturated heterocycles. The molecule has 1 saturated carbocycles. The van der Waals surface area contributed by atoms with Gasteiger partial charge in [0.2, 0.25) is 0 Å². The van der Waals surface area contributed by atoms with Crippen LogP contribution in [0.4, 0.5) is 8.78 Å². The first kappa shape index (κ1) is 21.3. The normalized spacial score (nSPS) is 28.1. The largest absolute Gasteiger partial charge is 0.203 e. The summed E-state index contributed by atoms with van der Waals surface area (Å²) < 4.78 is 28.1. The van der Waals surface area contributed by atoms with Crippen molar-refractivity contribution in [1.82, 2.24) is 0 Å². The lowest BCUT2D eigenvalue weighted by molar-refractivity contribution is 0.289. The molecule has 3 rings (SSSR count). The summed E-state index contributed by atoms with van der Waals surface area (Å²) in [6.07, 6.45) is 21.9. The highest BCUT2D eigenvalue weighted by Crippen LogP contribution is 2.35. The molecule has 0 aliphatic heterocycles. The van der Waals surface area contributed by atoms with Gasteiger partial charge in [-0.2, -0.15) is 0 Å². The first-order valence-electron chi connectivity index (χ1n) is 11.4. The van der Waals surface area contributed by atoms with Gasteiger partial charge in [0.15, 0.2) is 11.6 Å². The fourth-order valence-electron chi connectivity index (χ4n) is 4.86. The van der Waals surface area contributed by atoms with Crippen molar-refractivity contribution >= 4 is 0 Å². The highest BCUT2D eigenvalue weighted by molar-refractivity contribution is 5.32. The Morgan fingerprint density at radius 2 is 1.68 bits per heavy atom. The predicted octanol–water partition coefficient (Wildman–Crippen LogP) is 8.27. The van der Waals surface area contributed by atoms with Crippen molar-refractivity contribution in [2.24, 2.45) is 17.8 Å². The van der Waals surface area contributed by atoms with E-state index in [4.69, 9.17) is 0 Å². The number of halogens is 2. The van der Waals surface area contributed by atoms with Crippen LogP contribution in [0.1, 0.15) is 88.2 Å². The molecule has 2 aliphatic rings. The quantitative estimate of drug-likeness (QED) is 0.327. The van der Waals surface area contributed by atoms with Gasteiger partial charge in [-0.15, -0.1) is 0 Å². The number of aryl methyl sites for hydroxylation is 1. The Balaban J connectivity index is 1.47. The van der Waals surface area contributed by atoms with Crippen LogP contribution < -0.4 is 0 Å². The number of benzene rings is 1. The number of allylic oxidation sites excluding steroid dienone is 4. The van der Waals surface area contributed by atoms with Crippen LogP contribution in [0.3, 0.4) is 0 Å².